The van der Waals surface area contributed by atoms with Crippen molar-refractivity contribution in [2.75, 3.05) is 54.4 Å². The largest absolute Gasteiger partial charge is 0.372 e. The normalized spacial score (nSPS) is 17.4. The molecule has 0 spiro atoms. The molecule has 0 saturated carbocycles. The van der Waals surface area contributed by atoms with Gasteiger partial charge < -0.3 is 20.0 Å². The van der Waals surface area contributed by atoms with Crippen molar-refractivity contribution >= 4 is 23.1 Å². The quantitative estimate of drug-likeness (QED) is 0.826. The van der Waals surface area contributed by atoms with Gasteiger partial charge in [-0.25, -0.2) is 4.79 Å². The van der Waals surface area contributed by atoms with Gasteiger partial charge in [0.25, 0.3) is 0 Å². The van der Waals surface area contributed by atoms with Crippen LogP contribution in [0.4, 0.5) is 21.9 Å². The number of aryl methyl sites for hydroxylation is 2. The van der Waals surface area contributed by atoms with Crippen LogP contribution in [-0.2, 0) is 0 Å². The van der Waals surface area contributed by atoms with Gasteiger partial charge in [0, 0.05) is 56.3 Å². The number of nitrogens with zero attached hydrogens (tertiary/aromatic N) is 3. The molecule has 5 heteroatoms. The molecule has 0 atom stereocenters. The van der Waals surface area contributed by atoms with E-state index in [1.807, 2.05) is 17.0 Å². The Hall–Kier alpha value is -2.69. The second-order valence-corrected chi connectivity index (χ2v) is 8.27. The van der Waals surface area contributed by atoms with Crippen LogP contribution in [0.3, 0.4) is 0 Å². The van der Waals surface area contributed by atoms with Gasteiger partial charge in [0.05, 0.1) is 0 Å². The van der Waals surface area contributed by atoms with E-state index in [9.17, 15) is 4.79 Å². The Morgan fingerprint density at radius 3 is 2.00 bits per heavy atom. The van der Waals surface area contributed by atoms with Gasteiger partial charge in [-0.3, -0.25) is 0 Å². The highest BCUT2D eigenvalue weighted by Gasteiger charge is 2.21. The highest BCUT2D eigenvalue weighted by molar-refractivity contribution is 5.89. The first-order valence-corrected chi connectivity index (χ1v) is 10.8. The molecule has 2 aromatic rings. The number of hydrogen-bond acceptors (Lipinski definition) is 3. The average Bonchev–Trinajstić information content (AvgIpc) is 2.77. The van der Waals surface area contributed by atoms with Gasteiger partial charge in [-0.15, -0.1) is 0 Å². The van der Waals surface area contributed by atoms with Crippen molar-refractivity contribution in [3.8, 4) is 0 Å². The summed E-state index contributed by atoms with van der Waals surface area (Å²) < 4.78 is 0. The monoisotopic (exact) mass is 392 g/mol. The zero-order valence-electron chi connectivity index (χ0n) is 17.7. The van der Waals surface area contributed by atoms with Crippen LogP contribution < -0.4 is 15.1 Å². The van der Waals surface area contributed by atoms with E-state index in [2.05, 4.69) is 59.3 Å². The SMILES string of the molecule is Cc1ccc(N2CCN(C(=O)Nc3ccc(N4CCCCC4)cc3)CC2)cc1C. The minimum absolute atomic E-state index is 0.00420. The van der Waals surface area contributed by atoms with Gasteiger partial charge in [0.15, 0.2) is 0 Å². The topological polar surface area (TPSA) is 38.8 Å². The summed E-state index contributed by atoms with van der Waals surface area (Å²) in [6, 6.07) is 14.9. The van der Waals surface area contributed by atoms with Gasteiger partial charge in [0.1, 0.15) is 0 Å². The molecule has 0 radical (unpaired) electrons. The fourth-order valence-electron chi connectivity index (χ4n) is 4.20. The molecule has 2 amide bonds. The number of benzene rings is 2. The Labute approximate surface area is 174 Å². The van der Waals surface area contributed by atoms with Gasteiger partial charge in [0.2, 0.25) is 0 Å². The van der Waals surface area contributed by atoms with E-state index in [-0.39, 0.29) is 6.03 Å². The molecular weight excluding hydrogens is 360 g/mol. The fourth-order valence-corrected chi connectivity index (χ4v) is 4.20. The molecule has 0 unspecified atom stereocenters. The molecule has 5 nitrogen and oxygen atoms in total. The Bertz CT molecular complexity index is 834. The lowest BCUT2D eigenvalue weighted by molar-refractivity contribution is 0.208. The van der Waals surface area contributed by atoms with Crippen LogP contribution in [0.1, 0.15) is 30.4 Å². The van der Waals surface area contributed by atoms with Gasteiger partial charge in [-0.2, -0.15) is 0 Å². The molecule has 2 saturated heterocycles. The maximum absolute atomic E-state index is 12.7. The molecule has 2 aliphatic rings. The number of carbonyl (C=O) groups excluding carboxylic acids is 1. The van der Waals surface area contributed by atoms with Crippen molar-refractivity contribution in [3.05, 3.63) is 53.6 Å². The Morgan fingerprint density at radius 2 is 1.34 bits per heavy atom. The van der Waals surface area contributed by atoms with E-state index >= 15 is 0 Å². The van der Waals surface area contributed by atoms with Gasteiger partial charge in [-0.05, 0) is 80.6 Å². The van der Waals surface area contributed by atoms with E-state index in [1.165, 1.54) is 41.8 Å². The minimum Gasteiger partial charge on any atom is -0.372 e. The highest BCUT2D eigenvalue weighted by atomic mass is 16.2. The number of amides is 2. The smallest absolute Gasteiger partial charge is 0.321 e. The molecule has 0 aliphatic carbocycles. The lowest BCUT2D eigenvalue weighted by Crippen LogP contribution is -2.50. The summed E-state index contributed by atoms with van der Waals surface area (Å²) in [4.78, 5) is 19.4. The average molecular weight is 393 g/mol. The molecule has 2 aliphatic heterocycles. The predicted molar refractivity (Wildman–Crippen MR) is 121 cm³/mol. The number of hydrogen-bond donors (Lipinski definition) is 1. The molecule has 2 fully saturated rings. The van der Waals surface area contributed by atoms with Crippen LogP contribution in [-0.4, -0.2) is 50.2 Å². The molecular formula is C24H32N4O. The van der Waals surface area contributed by atoms with Crippen LogP contribution in [0.5, 0.6) is 0 Å². The summed E-state index contributed by atoms with van der Waals surface area (Å²) in [6.45, 7) is 9.77. The van der Waals surface area contributed by atoms with Gasteiger partial charge >= 0.3 is 6.03 Å². The first-order valence-electron chi connectivity index (χ1n) is 10.8. The van der Waals surface area contributed by atoms with Crippen LogP contribution in [0, 0.1) is 13.8 Å². The number of anilines is 3. The van der Waals surface area contributed by atoms with E-state index in [0.29, 0.717) is 0 Å². The standard InChI is InChI=1S/C24H32N4O/c1-19-6-9-23(18-20(19)2)27-14-16-28(17-15-27)24(29)25-21-7-10-22(11-8-21)26-12-4-3-5-13-26/h6-11,18H,3-5,12-17H2,1-2H3,(H,25,29). The number of urea groups is 1. The highest BCUT2D eigenvalue weighted by Crippen LogP contribution is 2.23. The molecule has 2 aromatic carbocycles. The van der Waals surface area contributed by atoms with Crippen molar-refractivity contribution in [2.45, 2.75) is 33.1 Å². The third kappa shape index (κ3) is 4.66. The Balaban J connectivity index is 1.30. The number of rotatable bonds is 3. The second-order valence-electron chi connectivity index (χ2n) is 8.27. The molecule has 0 bridgehead atoms. The number of piperazine rings is 1. The van der Waals surface area contributed by atoms with Crippen molar-refractivity contribution in [2.24, 2.45) is 0 Å². The van der Waals surface area contributed by atoms with Crippen LogP contribution in [0.15, 0.2) is 42.5 Å². The summed E-state index contributed by atoms with van der Waals surface area (Å²) in [5.41, 5.74) is 6.01. The third-order valence-electron chi connectivity index (χ3n) is 6.26. The van der Waals surface area contributed by atoms with Crippen molar-refractivity contribution in [1.29, 1.82) is 0 Å². The van der Waals surface area contributed by atoms with Crippen molar-refractivity contribution in [1.82, 2.24) is 4.90 Å². The van der Waals surface area contributed by atoms with Gasteiger partial charge in [-0.1, -0.05) is 6.07 Å². The molecule has 29 heavy (non-hydrogen) atoms. The summed E-state index contributed by atoms with van der Waals surface area (Å²) in [7, 11) is 0. The zero-order valence-corrected chi connectivity index (χ0v) is 17.7. The Morgan fingerprint density at radius 1 is 0.724 bits per heavy atom. The van der Waals surface area contributed by atoms with E-state index in [0.717, 1.165) is 45.0 Å². The maximum atomic E-state index is 12.7. The van der Waals surface area contributed by atoms with E-state index < -0.39 is 0 Å². The van der Waals surface area contributed by atoms with Crippen LogP contribution in [0.2, 0.25) is 0 Å². The number of carbonyl (C=O) groups is 1. The summed E-state index contributed by atoms with van der Waals surface area (Å²) in [5, 5.41) is 3.06. The Kier molecular flexibility index (Phi) is 5.93. The molecule has 154 valence electrons. The zero-order chi connectivity index (χ0) is 20.2. The van der Waals surface area contributed by atoms with E-state index in [1.54, 1.807) is 0 Å². The first kappa shape index (κ1) is 19.6. The molecule has 2 heterocycles. The number of nitrogens with one attached hydrogen (secondary N) is 1. The molecule has 1 N–H and O–H groups in total. The lowest BCUT2D eigenvalue weighted by atomic mass is 10.1. The fraction of sp³-hybridized carbons (Fsp3) is 0.458. The molecule has 0 aromatic heterocycles. The van der Waals surface area contributed by atoms with E-state index in [4.69, 9.17) is 0 Å². The van der Waals surface area contributed by atoms with Crippen molar-refractivity contribution in [3.63, 3.8) is 0 Å². The maximum Gasteiger partial charge on any atom is 0.321 e. The second kappa shape index (κ2) is 8.76. The molecule has 4 rings (SSSR count). The summed E-state index contributed by atoms with van der Waals surface area (Å²) in [6.07, 6.45) is 3.88. The minimum atomic E-state index is -0.00420. The number of piperidine rings is 1. The predicted octanol–water partition coefficient (Wildman–Crippen LogP) is 4.65. The van der Waals surface area contributed by atoms with Crippen LogP contribution >= 0.6 is 0 Å². The first-order chi connectivity index (χ1) is 14.1. The van der Waals surface area contributed by atoms with Crippen LogP contribution in [0.25, 0.3) is 0 Å². The summed E-state index contributed by atoms with van der Waals surface area (Å²) >= 11 is 0. The van der Waals surface area contributed by atoms with Crippen molar-refractivity contribution < 1.29 is 4.79 Å². The summed E-state index contributed by atoms with van der Waals surface area (Å²) in [5.74, 6) is 0. The third-order valence-corrected chi connectivity index (χ3v) is 6.26. The lowest BCUT2D eigenvalue weighted by Gasteiger charge is -2.36.